The van der Waals surface area contributed by atoms with Gasteiger partial charge in [0.05, 0.1) is 0 Å². The molecule has 1 aromatic carbocycles. The maximum Gasteiger partial charge on any atom is 0.265 e. The van der Waals surface area contributed by atoms with Crippen molar-refractivity contribution in [1.82, 2.24) is 20.4 Å². The first kappa shape index (κ1) is 16.8. The number of carbonyl (C=O) groups excluding carboxylic acids is 1. The summed E-state index contributed by atoms with van der Waals surface area (Å²) in [7, 11) is 0. The lowest BCUT2D eigenvalue weighted by Crippen LogP contribution is -2.35. The first-order chi connectivity index (χ1) is 12.1. The van der Waals surface area contributed by atoms with E-state index in [4.69, 9.17) is 9.26 Å². The fourth-order valence-corrected chi connectivity index (χ4v) is 2.23. The average Bonchev–Trinajstić information content (AvgIpc) is 3.05. The van der Waals surface area contributed by atoms with Gasteiger partial charge < -0.3 is 14.6 Å². The fourth-order valence-electron chi connectivity index (χ4n) is 2.23. The zero-order valence-corrected chi connectivity index (χ0v) is 13.8. The Morgan fingerprint density at radius 1 is 1.32 bits per heavy atom. The lowest BCUT2D eigenvalue weighted by molar-refractivity contribution is -0.123. The van der Waals surface area contributed by atoms with E-state index >= 15 is 0 Å². The molecule has 0 aliphatic carbocycles. The van der Waals surface area contributed by atoms with Gasteiger partial charge in [-0.25, -0.2) is 9.37 Å². The number of rotatable bonds is 6. The minimum atomic E-state index is -0.356. The van der Waals surface area contributed by atoms with Crippen LogP contribution in [0.3, 0.4) is 0 Å². The van der Waals surface area contributed by atoms with E-state index in [-0.39, 0.29) is 36.0 Å². The zero-order valence-electron chi connectivity index (χ0n) is 13.8. The molecule has 130 valence electrons. The van der Waals surface area contributed by atoms with Crippen molar-refractivity contribution in [2.24, 2.45) is 0 Å². The van der Waals surface area contributed by atoms with Crippen molar-refractivity contribution < 1.29 is 18.4 Å². The Morgan fingerprint density at radius 2 is 2.08 bits per heavy atom. The summed E-state index contributed by atoms with van der Waals surface area (Å²) in [6, 6.07) is 5.84. The summed E-state index contributed by atoms with van der Waals surface area (Å²) in [5, 5.41) is 7.21. The first-order valence-corrected chi connectivity index (χ1v) is 7.87. The number of carbonyl (C=O) groups is 1. The maximum absolute atomic E-state index is 13.1. The van der Waals surface area contributed by atoms with E-state index in [9.17, 15) is 9.18 Å². The Morgan fingerprint density at radius 3 is 2.80 bits per heavy atom. The molecule has 0 radical (unpaired) electrons. The van der Waals surface area contributed by atoms with Gasteiger partial charge in [-0.15, -0.1) is 0 Å². The zero-order chi connectivity index (χ0) is 17.8. The van der Waals surface area contributed by atoms with Crippen LogP contribution in [0.15, 0.2) is 35.1 Å². The van der Waals surface area contributed by atoms with Crippen molar-refractivity contribution in [2.75, 3.05) is 6.61 Å². The molecule has 1 amide bonds. The van der Waals surface area contributed by atoms with Crippen LogP contribution in [-0.4, -0.2) is 33.7 Å². The van der Waals surface area contributed by atoms with Crippen LogP contribution >= 0.6 is 0 Å². The Balaban J connectivity index is 1.87. The van der Waals surface area contributed by atoms with E-state index in [1.807, 2.05) is 13.8 Å². The van der Waals surface area contributed by atoms with Gasteiger partial charge in [0, 0.05) is 11.6 Å². The molecule has 8 heteroatoms. The second-order valence-corrected chi connectivity index (χ2v) is 5.56. The molecule has 0 aliphatic rings. The van der Waals surface area contributed by atoms with Gasteiger partial charge >= 0.3 is 0 Å². The Labute approximate surface area is 143 Å². The number of fused-ring (bicyclic) bond motifs is 1. The van der Waals surface area contributed by atoms with Crippen molar-refractivity contribution >= 4 is 17.0 Å². The summed E-state index contributed by atoms with van der Waals surface area (Å²) < 4.78 is 23.8. The molecule has 0 fully saturated rings. The van der Waals surface area contributed by atoms with Crippen molar-refractivity contribution in [3.8, 4) is 17.1 Å². The number of nitrogens with zero attached hydrogens (tertiary/aromatic N) is 3. The largest absolute Gasteiger partial charge is 0.467 e. The SMILES string of the molecule is CC[C@H](C)NC(=O)COc1ncnc2onc(-c3ccc(F)cc3)c12. The Bertz CT molecular complexity index is 879. The van der Waals surface area contributed by atoms with E-state index < -0.39 is 0 Å². The third-order valence-corrected chi connectivity index (χ3v) is 3.72. The quantitative estimate of drug-likeness (QED) is 0.739. The molecule has 1 N–H and O–H groups in total. The third-order valence-electron chi connectivity index (χ3n) is 3.72. The minimum Gasteiger partial charge on any atom is -0.467 e. The molecule has 0 saturated carbocycles. The molecule has 0 bridgehead atoms. The second kappa shape index (κ2) is 7.25. The lowest BCUT2D eigenvalue weighted by Gasteiger charge is -2.11. The van der Waals surface area contributed by atoms with Gasteiger partial charge in [0.2, 0.25) is 5.88 Å². The molecule has 0 aliphatic heterocycles. The van der Waals surface area contributed by atoms with Crippen LogP contribution in [0.25, 0.3) is 22.4 Å². The van der Waals surface area contributed by atoms with Gasteiger partial charge in [0.25, 0.3) is 11.6 Å². The number of amides is 1. The van der Waals surface area contributed by atoms with Crippen LogP contribution in [0.5, 0.6) is 5.88 Å². The number of hydrogen-bond donors (Lipinski definition) is 1. The van der Waals surface area contributed by atoms with Crippen molar-refractivity contribution in [2.45, 2.75) is 26.3 Å². The molecule has 0 saturated heterocycles. The van der Waals surface area contributed by atoms with Gasteiger partial charge in [-0.1, -0.05) is 12.1 Å². The second-order valence-electron chi connectivity index (χ2n) is 5.56. The summed E-state index contributed by atoms with van der Waals surface area (Å²) in [4.78, 5) is 20.0. The van der Waals surface area contributed by atoms with E-state index in [0.29, 0.717) is 16.6 Å². The third kappa shape index (κ3) is 3.73. The van der Waals surface area contributed by atoms with Crippen molar-refractivity contribution in [1.29, 1.82) is 0 Å². The van der Waals surface area contributed by atoms with Gasteiger partial charge in [0.1, 0.15) is 23.2 Å². The average molecular weight is 344 g/mol. The van der Waals surface area contributed by atoms with E-state index in [0.717, 1.165) is 6.42 Å². The number of hydrogen-bond acceptors (Lipinski definition) is 6. The monoisotopic (exact) mass is 344 g/mol. The smallest absolute Gasteiger partial charge is 0.265 e. The molecule has 2 aromatic heterocycles. The highest BCUT2D eigenvalue weighted by Crippen LogP contribution is 2.32. The van der Waals surface area contributed by atoms with Crippen LogP contribution in [0, 0.1) is 5.82 Å². The normalized spacial score (nSPS) is 12.1. The predicted molar refractivity (Wildman–Crippen MR) is 88.4 cm³/mol. The molecule has 0 unspecified atom stereocenters. The molecule has 2 heterocycles. The highest BCUT2D eigenvalue weighted by atomic mass is 19.1. The van der Waals surface area contributed by atoms with Crippen molar-refractivity contribution in [3.05, 3.63) is 36.4 Å². The van der Waals surface area contributed by atoms with Crippen LogP contribution < -0.4 is 10.1 Å². The molecule has 7 nitrogen and oxygen atoms in total. The summed E-state index contributed by atoms with van der Waals surface area (Å²) in [6.45, 7) is 3.70. The van der Waals surface area contributed by atoms with Crippen molar-refractivity contribution in [3.63, 3.8) is 0 Å². The first-order valence-electron chi connectivity index (χ1n) is 7.87. The summed E-state index contributed by atoms with van der Waals surface area (Å²) >= 11 is 0. The van der Waals surface area contributed by atoms with Crippen LogP contribution in [-0.2, 0) is 4.79 Å². The lowest BCUT2D eigenvalue weighted by atomic mass is 10.1. The minimum absolute atomic E-state index is 0.0619. The Kier molecular flexibility index (Phi) is 4.87. The van der Waals surface area contributed by atoms with Gasteiger partial charge in [0.15, 0.2) is 6.61 Å². The van der Waals surface area contributed by atoms with E-state index in [1.165, 1.54) is 18.5 Å². The Hall–Kier alpha value is -3.03. The topological polar surface area (TPSA) is 90.1 Å². The van der Waals surface area contributed by atoms with Gasteiger partial charge in [-0.05, 0) is 37.6 Å². The number of aromatic nitrogens is 3. The summed E-state index contributed by atoms with van der Waals surface area (Å²) in [5.41, 5.74) is 1.28. The maximum atomic E-state index is 13.1. The summed E-state index contributed by atoms with van der Waals surface area (Å²) in [6.07, 6.45) is 2.09. The number of halogens is 1. The van der Waals surface area contributed by atoms with E-state index in [2.05, 4.69) is 20.4 Å². The highest BCUT2D eigenvalue weighted by Gasteiger charge is 2.19. The molecular formula is C17H17FN4O3. The molecule has 0 spiro atoms. The fraction of sp³-hybridized carbons (Fsp3) is 0.294. The number of benzene rings is 1. The van der Waals surface area contributed by atoms with Gasteiger partial charge in [-0.3, -0.25) is 4.79 Å². The molecule has 3 aromatic rings. The van der Waals surface area contributed by atoms with Gasteiger partial charge in [-0.2, -0.15) is 4.98 Å². The molecule has 25 heavy (non-hydrogen) atoms. The molecule has 1 atom stereocenters. The predicted octanol–water partition coefficient (Wildman–Crippen LogP) is 2.72. The molecular weight excluding hydrogens is 327 g/mol. The number of ether oxygens (including phenoxy) is 1. The van der Waals surface area contributed by atoms with E-state index in [1.54, 1.807) is 12.1 Å². The summed E-state index contributed by atoms with van der Waals surface area (Å²) in [5.74, 6) is -0.420. The highest BCUT2D eigenvalue weighted by molar-refractivity contribution is 5.93. The number of nitrogens with one attached hydrogen (secondary N) is 1. The standard InChI is InChI=1S/C17H17FN4O3/c1-3-10(2)21-13(23)8-24-16-14-15(11-4-6-12(18)7-5-11)22-25-17(14)20-9-19-16/h4-7,9-10H,3,8H2,1-2H3,(H,21,23)/t10-/m0/s1. The van der Waals surface area contributed by atoms with Crippen LogP contribution in [0.2, 0.25) is 0 Å². The van der Waals surface area contributed by atoms with Crippen LogP contribution in [0.1, 0.15) is 20.3 Å². The molecule has 3 rings (SSSR count). The van der Waals surface area contributed by atoms with Crippen LogP contribution in [0.4, 0.5) is 4.39 Å².